The van der Waals surface area contributed by atoms with Crippen molar-refractivity contribution < 1.29 is 9.18 Å². The van der Waals surface area contributed by atoms with Crippen LogP contribution in [0.4, 0.5) is 4.39 Å². The second kappa shape index (κ2) is 7.60. The first-order valence-electron chi connectivity index (χ1n) is 9.51. The third-order valence-electron chi connectivity index (χ3n) is 5.42. The number of carbonyl (C=O) groups excluding carboxylic acids is 1. The Morgan fingerprint density at radius 3 is 2.67 bits per heavy atom. The molecule has 1 fully saturated rings. The first-order chi connectivity index (χ1) is 13.1. The summed E-state index contributed by atoms with van der Waals surface area (Å²) < 4.78 is 14.3. The van der Waals surface area contributed by atoms with Crippen molar-refractivity contribution in [2.24, 2.45) is 0 Å². The number of piperazine rings is 1. The molecule has 1 aromatic heterocycles. The Balaban J connectivity index is 1.62. The highest BCUT2D eigenvalue weighted by Crippen LogP contribution is 2.23. The van der Waals surface area contributed by atoms with Gasteiger partial charge in [0.15, 0.2) is 0 Å². The van der Waals surface area contributed by atoms with Crippen molar-refractivity contribution >= 4 is 5.91 Å². The number of amides is 1. The van der Waals surface area contributed by atoms with E-state index in [0.29, 0.717) is 19.5 Å². The van der Waals surface area contributed by atoms with Crippen molar-refractivity contribution in [1.82, 2.24) is 20.4 Å². The number of benzene rings is 1. The molecule has 2 heterocycles. The highest BCUT2D eigenvalue weighted by atomic mass is 19.1. The third-order valence-corrected chi connectivity index (χ3v) is 5.42. The van der Waals surface area contributed by atoms with Crippen molar-refractivity contribution in [2.75, 3.05) is 26.2 Å². The molecule has 27 heavy (non-hydrogen) atoms. The number of hydrogen-bond acceptors (Lipinski definition) is 4. The summed E-state index contributed by atoms with van der Waals surface area (Å²) in [5.74, 6) is -0.772. The lowest BCUT2D eigenvalue weighted by Crippen LogP contribution is -2.46. The Morgan fingerprint density at radius 1 is 1.15 bits per heavy atom. The number of hydrogen-bond donors (Lipinski definition) is 2. The van der Waals surface area contributed by atoms with Gasteiger partial charge in [-0.15, -0.1) is 0 Å². The molecule has 1 saturated heterocycles. The van der Waals surface area contributed by atoms with Crippen LogP contribution in [0.2, 0.25) is 0 Å². The van der Waals surface area contributed by atoms with E-state index in [9.17, 15) is 14.0 Å². The second-order valence-electron chi connectivity index (χ2n) is 7.20. The van der Waals surface area contributed by atoms with Gasteiger partial charge >= 0.3 is 0 Å². The number of aromatic amines is 1. The molecule has 0 spiro atoms. The molecular weight excluding hydrogens is 347 g/mol. The fourth-order valence-corrected chi connectivity index (χ4v) is 3.95. The van der Waals surface area contributed by atoms with Crippen LogP contribution in [0, 0.1) is 5.82 Å². The fraction of sp³-hybridized carbons (Fsp3) is 0.450. The molecule has 2 aliphatic rings. The number of aromatic nitrogens is 2. The van der Waals surface area contributed by atoms with Crippen LogP contribution in [0.15, 0.2) is 23.0 Å². The molecule has 1 aromatic carbocycles. The van der Waals surface area contributed by atoms with Crippen molar-refractivity contribution in [3.8, 4) is 0 Å². The zero-order chi connectivity index (χ0) is 18.8. The van der Waals surface area contributed by atoms with E-state index >= 15 is 0 Å². The smallest absolute Gasteiger partial charge is 0.267 e. The number of nitrogens with one attached hydrogen (secondary N) is 2. The van der Waals surface area contributed by atoms with E-state index in [2.05, 4.69) is 15.5 Å². The summed E-state index contributed by atoms with van der Waals surface area (Å²) in [6, 6.07) is 4.66. The highest BCUT2D eigenvalue weighted by molar-refractivity contribution is 5.94. The predicted molar refractivity (Wildman–Crippen MR) is 99.5 cm³/mol. The van der Waals surface area contributed by atoms with E-state index in [1.165, 1.54) is 6.07 Å². The minimum absolute atomic E-state index is 0.104. The molecule has 1 aliphatic carbocycles. The van der Waals surface area contributed by atoms with Crippen LogP contribution < -0.4 is 10.9 Å². The molecule has 142 valence electrons. The zero-order valence-corrected chi connectivity index (χ0v) is 15.2. The second-order valence-corrected chi connectivity index (χ2v) is 7.20. The van der Waals surface area contributed by atoms with Crippen LogP contribution in [0.3, 0.4) is 0 Å². The Hall–Kier alpha value is -2.54. The number of H-pyrrole nitrogens is 1. The highest BCUT2D eigenvalue weighted by Gasteiger charge is 2.22. The number of carbonyl (C=O) groups is 1. The van der Waals surface area contributed by atoms with E-state index in [1.807, 2.05) is 0 Å². The van der Waals surface area contributed by atoms with Crippen LogP contribution in [-0.2, 0) is 19.3 Å². The van der Waals surface area contributed by atoms with E-state index in [1.54, 1.807) is 17.0 Å². The lowest BCUT2D eigenvalue weighted by atomic mass is 9.90. The number of rotatable bonds is 3. The summed E-state index contributed by atoms with van der Waals surface area (Å²) in [5, 5.41) is 10.0. The first-order valence-corrected chi connectivity index (χ1v) is 9.51. The molecule has 1 amide bonds. The molecule has 6 nitrogen and oxygen atoms in total. The van der Waals surface area contributed by atoms with E-state index in [0.717, 1.165) is 61.2 Å². The average Bonchev–Trinajstić information content (AvgIpc) is 2.72. The van der Waals surface area contributed by atoms with Gasteiger partial charge in [-0.1, -0.05) is 6.07 Å². The van der Waals surface area contributed by atoms with Gasteiger partial charge in [-0.25, -0.2) is 9.49 Å². The normalized spacial score (nSPS) is 16.9. The van der Waals surface area contributed by atoms with E-state index < -0.39 is 5.82 Å². The van der Waals surface area contributed by atoms with Crippen LogP contribution >= 0.6 is 0 Å². The molecule has 0 unspecified atom stereocenters. The fourth-order valence-electron chi connectivity index (χ4n) is 3.95. The monoisotopic (exact) mass is 370 g/mol. The summed E-state index contributed by atoms with van der Waals surface area (Å²) in [6.07, 6.45) is 4.15. The molecule has 4 rings (SSSR count). The standard InChI is InChI=1S/C20H23FN4O2/c21-17-6-5-13(11-16(17)20(27)25-9-7-22-8-10-25)12-18-14-3-1-2-4-15(14)19(26)24-23-18/h5-6,11,22H,1-4,7-10,12H2,(H,24,26). The summed E-state index contributed by atoms with van der Waals surface area (Å²) in [6.45, 7) is 2.61. The molecule has 0 radical (unpaired) electrons. The SMILES string of the molecule is O=C(c1cc(Cc2n[nH]c(=O)c3c2CCCC3)ccc1F)N1CCNCC1. The van der Waals surface area contributed by atoms with Crippen molar-refractivity contribution in [3.63, 3.8) is 0 Å². The lowest BCUT2D eigenvalue weighted by Gasteiger charge is -2.27. The van der Waals surface area contributed by atoms with Crippen LogP contribution in [0.5, 0.6) is 0 Å². The van der Waals surface area contributed by atoms with Gasteiger partial charge in [0, 0.05) is 38.2 Å². The summed E-state index contributed by atoms with van der Waals surface area (Å²) in [4.78, 5) is 26.4. The zero-order valence-electron chi connectivity index (χ0n) is 15.2. The maximum atomic E-state index is 14.3. The summed E-state index contributed by atoms with van der Waals surface area (Å²) in [7, 11) is 0. The molecule has 0 saturated carbocycles. The largest absolute Gasteiger partial charge is 0.336 e. The topological polar surface area (TPSA) is 78.1 Å². The van der Waals surface area contributed by atoms with Gasteiger partial charge in [0.2, 0.25) is 0 Å². The third kappa shape index (κ3) is 3.64. The Kier molecular flexibility index (Phi) is 5.03. The molecule has 7 heteroatoms. The molecular formula is C20H23FN4O2. The molecule has 2 aromatic rings. The van der Waals surface area contributed by atoms with Gasteiger partial charge in [-0.05, 0) is 48.9 Å². The number of nitrogens with zero attached hydrogens (tertiary/aromatic N) is 2. The maximum Gasteiger partial charge on any atom is 0.267 e. The van der Waals surface area contributed by atoms with Crippen LogP contribution in [0.1, 0.15) is 45.6 Å². The van der Waals surface area contributed by atoms with Gasteiger partial charge in [0.1, 0.15) is 5.82 Å². The van der Waals surface area contributed by atoms with Crippen molar-refractivity contribution in [1.29, 1.82) is 0 Å². The minimum atomic E-state index is -0.501. The Labute approximate surface area is 156 Å². The van der Waals surface area contributed by atoms with Gasteiger partial charge in [0.25, 0.3) is 11.5 Å². The van der Waals surface area contributed by atoms with E-state index in [4.69, 9.17) is 0 Å². The van der Waals surface area contributed by atoms with Crippen LogP contribution in [0.25, 0.3) is 0 Å². The average molecular weight is 370 g/mol. The van der Waals surface area contributed by atoms with Gasteiger partial charge < -0.3 is 10.2 Å². The van der Waals surface area contributed by atoms with Gasteiger partial charge in [0.05, 0.1) is 11.3 Å². The molecule has 1 aliphatic heterocycles. The van der Waals surface area contributed by atoms with Crippen LogP contribution in [-0.4, -0.2) is 47.2 Å². The van der Waals surface area contributed by atoms with Crippen molar-refractivity contribution in [3.05, 3.63) is 62.3 Å². The van der Waals surface area contributed by atoms with Gasteiger partial charge in [-0.2, -0.15) is 5.10 Å². The number of halogens is 1. The lowest BCUT2D eigenvalue weighted by molar-refractivity contribution is 0.0731. The van der Waals surface area contributed by atoms with Crippen molar-refractivity contribution in [2.45, 2.75) is 32.1 Å². The summed E-state index contributed by atoms with van der Waals surface area (Å²) in [5.41, 5.74) is 3.48. The Morgan fingerprint density at radius 2 is 1.89 bits per heavy atom. The number of fused-ring (bicyclic) bond motifs is 1. The predicted octanol–water partition coefficient (Wildman–Crippen LogP) is 1.42. The Bertz CT molecular complexity index is 919. The first kappa shape index (κ1) is 17.9. The molecule has 0 atom stereocenters. The maximum absolute atomic E-state index is 14.3. The minimum Gasteiger partial charge on any atom is -0.336 e. The molecule has 2 N–H and O–H groups in total. The quantitative estimate of drug-likeness (QED) is 0.857. The molecule has 0 bridgehead atoms. The summed E-state index contributed by atoms with van der Waals surface area (Å²) >= 11 is 0. The van der Waals surface area contributed by atoms with E-state index in [-0.39, 0.29) is 17.0 Å². The van der Waals surface area contributed by atoms with Gasteiger partial charge in [-0.3, -0.25) is 9.59 Å².